The minimum Gasteiger partial charge on any atom is -0.491 e. The van der Waals surface area contributed by atoms with E-state index in [-0.39, 0.29) is 0 Å². The van der Waals surface area contributed by atoms with E-state index in [1.807, 2.05) is 42.5 Å². The summed E-state index contributed by atoms with van der Waals surface area (Å²) < 4.78 is 11.1. The van der Waals surface area contributed by atoms with Crippen LogP contribution in [0.5, 0.6) is 5.75 Å². The second-order valence-electron chi connectivity index (χ2n) is 3.53. The third kappa shape index (κ3) is 5.93. The first kappa shape index (κ1) is 13.5. The summed E-state index contributed by atoms with van der Waals surface area (Å²) in [5.74, 6) is 0.866. The quantitative estimate of drug-likeness (QED) is 0.476. The van der Waals surface area contributed by atoms with Crippen molar-refractivity contribution >= 4 is 0 Å². The molecule has 0 aromatic heterocycles. The Bertz CT molecular complexity index is 309. The third-order valence-electron chi connectivity index (χ3n) is 2.15. The highest BCUT2D eigenvalue weighted by atomic mass is 16.5. The highest BCUT2D eigenvalue weighted by molar-refractivity contribution is 5.20. The summed E-state index contributed by atoms with van der Waals surface area (Å²) in [4.78, 5) is 0. The van der Waals surface area contributed by atoms with Gasteiger partial charge in [0.25, 0.3) is 0 Å². The van der Waals surface area contributed by atoms with Gasteiger partial charge in [-0.05, 0) is 25.0 Å². The molecule has 17 heavy (non-hydrogen) atoms. The Kier molecular flexibility index (Phi) is 6.84. The van der Waals surface area contributed by atoms with Crippen LogP contribution in [-0.4, -0.2) is 13.2 Å². The van der Waals surface area contributed by atoms with Gasteiger partial charge in [-0.2, -0.15) is 0 Å². The van der Waals surface area contributed by atoms with Crippen molar-refractivity contribution in [2.24, 2.45) is 0 Å². The molecule has 0 fully saturated rings. The van der Waals surface area contributed by atoms with Crippen LogP contribution in [0, 0.1) is 6.10 Å². The van der Waals surface area contributed by atoms with E-state index in [1.54, 1.807) is 0 Å². The molecule has 1 aromatic rings. The summed E-state index contributed by atoms with van der Waals surface area (Å²) in [6.07, 6.45) is 6.16. The fourth-order valence-electron chi connectivity index (χ4n) is 1.39. The van der Waals surface area contributed by atoms with Gasteiger partial charge in [-0.15, -0.1) is 13.2 Å². The van der Waals surface area contributed by atoms with E-state index >= 15 is 0 Å². The highest BCUT2D eigenvalue weighted by Crippen LogP contribution is 2.14. The zero-order valence-electron chi connectivity index (χ0n) is 10.1. The molecule has 0 bridgehead atoms. The van der Waals surface area contributed by atoms with Gasteiger partial charge in [0, 0.05) is 0 Å². The van der Waals surface area contributed by atoms with Gasteiger partial charge in [0.1, 0.15) is 18.5 Å². The van der Waals surface area contributed by atoms with Crippen molar-refractivity contribution in [3.63, 3.8) is 0 Å². The highest BCUT2D eigenvalue weighted by Gasteiger charge is 2.05. The first-order valence-electron chi connectivity index (χ1n) is 5.74. The SMILES string of the molecule is C=CC[C](CC=C)OCCOc1ccccc1. The molecular weight excluding hydrogens is 212 g/mol. The lowest BCUT2D eigenvalue weighted by Crippen LogP contribution is -2.10. The minimum absolute atomic E-state index is 0.543. The monoisotopic (exact) mass is 231 g/mol. The summed E-state index contributed by atoms with van der Waals surface area (Å²) in [6.45, 7) is 8.48. The molecule has 91 valence electrons. The van der Waals surface area contributed by atoms with E-state index in [0.717, 1.165) is 24.7 Å². The molecule has 0 aliphatic rings. The van der Waals surface area contributed by atoms with Gasteiger partial charge in [-0.3, -0.25) is 0 Å². The van der Waals surface area contributed by atoms with Crippen LogP contribution in [0.2, 0.25) is 0 Å². The first-order valence-corrected chi connectivity index (χ1v) is 5.74. The van der Waals surface area contributed by atoms with Crippen molar-refractivity contribution in [2.45, 2.75) is 12.8 Å². The van der Waals surface area contributed by atoms with E-state index in [1.165, 1.54) is 0 Å². The average molecular weight is 231 g/mol. The normalized spacial score (nSPS) is 10.2. The Hall–Kier alpha value is -1.54. The van der Waals surface area contributed by atoms with Crippen LogP contribution in [0.15, 0.2) is 55.6 Å². The molecule has 1 radical (unpaired) electrons. The van der Waals surface area contributed by atoms with Gasteiger partial charge in [0.05, 0.1) is 6.61 Å². The topological polar surface area (TPSA) is 18.5 Å². The molecule has 0 aliphatic carbocycles. The number of hydrogen-bond acceptors (Lipinski definition) is 2. The number of ether oxygens (including phenoxy) is 2. The Morgan fingerprint density at radius 2 is 1.65 bits per heavy atom. The summed E-state index contributed by atoms with van der Waals surface area (Å²) in [7, 11) is 0. The van der Waals surface area contributed by atoms with E-state index < -0.39 is 0 Å². The number of hydrogen-bond donors (Lipinski definition) is 0. The Morgan fingerprint density at radius 3 is 2.24 bits per heavy atom. The smallest absolute Gasteiger partial charge is 0.119 e. The maximum absolute atomic E-state index is 5.59. The van der Waals surface area contributed by atoms with E-state index in [2.05, 4.69) is 13.2 Å². The Balaban J connectivity index is 2.17. The molecule has 0 saturated carbocycles. The average Bonchev–Trinajstić information content (AvgIpc) is 2.36. The van der Waals surface area contributed by atoms with Gasteiger partial charge in [0.15, 0.2) is 0 Å². The molecule has 1 rings (SSSR count). The zero-order chi connectivity index (χ0) is 12.3. The zero-order valence-corrected chi connectivity index (χ0v) is 10.1. The second kappa shape index (κ2) is 8.59. The number of para-hydroxylation sites is 1. The van der Waals surface area contributed by atoms with Crippen LogP contribution < -0.4 is 4.74 Å². The Labute approximate surface area is 104 Å². The van der Waals surface area contributed by atoms with Crippen molar-refractivity contribution in [3.8, 4) is 5.75 Å². The molecule has 0 saturated heterocycles. The first-order chi connectivity index (χ1) is 8.36. The molecule has 0 atom stereocenters. The molecule has 0 N–H and O–H groups in total. The van der Waals surface area contributed by atoms with E-state index in [9.17, 15) is 0 Å². The van der Waals surface area contributed by atoms with Crippen LogP contribution in [0.1, 0.15) is 12.8 Å². The van der Waals surface area contributed by atoms with Gasteiger partial charge < -0.3 is 9.47 Å². The van der Waals surface area contributed by atoms with Crippen LogP contribution in [-0.2, 0) is 4.74 Å². The lowest BCUT2D eigenvalue weighted by atomic mass is 10.2. The van der Waals surface area contributed by atoms with Gasteiger partial charge in [-0.1, -0.05) is 30.4 Å². The maximum atomic E-state index is 5.59. The largest absolute Gasteiger partial charge is 0.491 e. The predicted octanol–water partition coefficient (Wildman–Crippen LogP) is 3.77. The third-order valence-corrected chi connectivity index (χ3v) is 2.15. The standard InChI is InChI=1S/C15H19O2/c1-3-8-14(9-4-2)16-12-13-17-15-10-6-5-7-11-15/h3-7,10-11H,1-2,8-9,12-13H2. The summed E-state index contributed by atoms with van der Waals surface area (Å²) in [5.41, 5.74) is 0. The van der Waals surface area contributed by atoms with Gasteiger partial charge >= 0.3 is 0 Å². The van der Waals surface area contributed by atoms with Crippen molar-refractivity contribution in [1.82, 2.24) is 0 Å². The van der Waals surface area contributed by atoms with Crippen molar-refractivity contribution in [3.05, 3.63) is 61.7 Å². The summed E-state index contributed by atoms with van der Waals surface area (Å²) in [6, 6.07) is 9.71. The van der Waals surface area contributed by atoms with Crippen LogP contribution in [0.25, 0.3) is 0 Å². The molecule has 2 nitrogen and oxygen atoms in total. The predicted molar refractivity (Wildman–Crippen MR) is 70.8 cm³/mol. The van der Waals surface area contributed by atoms with Crippen molar-refractivity contribution in [1.29, 1.82) is 0 Å². The van der Waals surface area contributed by atoms with Crippen LogP contribution in [0.4, 0.5) is 0 Å². The Morgan fingerprint density at radius 1 is 1.00 bits per heavy atom. The van der Waals surface area contributed by atoms with E-state index in [4.69, 9.17) is 9.47 Å². The summed E-state index contributed by atoms with van der Waals surface area (Å²) in [5, 5.41) is 0. The van der Waals surface area contributed by atoms with Crippen molar-refractivity contribution < 1.29 is 9.47 Å². The molecule has 0 unspecified atom stereocenters. The molecule has 2 heteroatoms. The van der Waals surface area contributed by atoms with Crippen LogP contribution >= 0.6 is 0 Å². The molecular formula is C15H19O2. The molecule has 0 spiro atoms. The minimum atomic E-state index is 0.543. The molecule has 0 heterocycles. The van der Waals surface area contributed by atoms with Gasteiger partial charge in [0.2, 0.25) is 0 Å². The maximum Gasteiger partial charge on any atom is 0.119 e. The second-order valence-corrected chi connectivity index (χ2v) is 3.53. The van der Waals surface area contributed by atoms with Crippen molar-refractivity contribution in [2.75, 3.05) is 13.2 Å². The van der Waals surface area contributed by atoms with Gasteiger partial charge in [-0.25, -0.2) is 0 Å². The summed E-state index contributed by atoms with van der Waals surface area (Å²) >= 11 is 0. The molecule has 0 aliphatic heterocycles. The fourth-order valence-corrected chi connectivity index (χ4v) is 1.39. The molecule has 1 aromatic carbocycles. The van der Waals surface area contributed by atoms with E-state index in [0.29, 0.717) is 13.2 Å². The molecule has 0 amide bonds. The number of benzene rings is 1. The lowest BCUT2D eigenvalue weighted by molar-refractivity contribution is 0.105. The van der Waals surface area contributed by atoms with Crippen LogP contribution in [0.3, 0.4) is 0 Å². The number of rotatable bonds is 9. The lowest BCUT2D eigenvalue weighted by Gasteiger charge is -2.13. The fraction of sp³-hybridized carbons (Fsp3) is 0.267.